The number of amides is 2. The number of ether oxygens (including phenoxy) is 2. The van der Waals surface area contributed by atoms with Gasteiger partial charge in [-0.1, -0.05) is 18.2 Å². The topological polar surface area (TPSA) is 85.8 Å². The predicted molar refractivity (Wildman–Crippen MR) is 99.7 cm³/mol. The third kappa shape index (κ3) is 2.99. The van der Waals surface area contributed by atoms with E-state index in [0.717, 1.165) is 4.90 Å². The fraction of sp³-hybridized carbons (Fsp3) is 0.0476. The smallest absolute Gasteiger partial charge is 0.338 e. The van der Waals surface area contributed by atoms with Crippen molar-refractivity contribution < 1.29 is 23.9 Å². The van der Waals surface area contributed by atoms with Crippen molar-refractivity contribution in [3.05, 3.63) is 83.6 Å². The maximum atomic E-state index is 12.6. The second-order valence-corrected chi connectivity index (χ2v) is 5.97. The zero-order valence-corrected chi connectivity index (χ0v) is 14.8. The first kappa shape index (κ1) is 17.4. The Morgan fingerprint density at radius 1 is 0.929 bits per heavy atom. The molecule has 0 aliphatic carbocycles. The van der Waals surface area contributed by atoms with Gasteiger partial charge in [0.05, 0.1) is 29.5 Å². The standard InChI is InChI=1S/C21H14N2O5/c1-27-21(26)13-9-10-22-18(11-13)28-15-6-4-5-14(12-15)23-19(24)16-7-2-3-8-17(16)20(23)25/h2-12H,1H3. The largest absolute Gasteiger partial charge is 0.465 e. The quantitative estimate of drug-likeness (QED) is 0.513. The number of imide groups is 1. The number of methoxy groups -OCH3 is 1. The van der Waals surface area contributed by atoms with Gasteiger partial charge in [-0.3, -0.25) is 9.59 Å². The number of esters is 1. The molecule has 2 heterocycles. The highest BCUT2D eigenvalue weighted by atomic mass is 16.5. The first-order chi connectivity index (χ1) is 13.6. The van der Waals surface area contributed by atoms with Gasteiger partial charge < -0.3 is 9.47 Å². The minimum atomic E-state index is -0.507. The summed E-state index contributed by atoms with van der Waals surface area (Å²) >= 11 is 0. The maximum Gasteiger partial charge on any atom is 0.338 e. The van der Waals surface area contributed by atoms with Gasteiger partial charge in [0.2, 0.25) is 5.88 Å². The van der Waals surface area contributed by atoms with E-state index in [2.05, 4.69) is 9.72 Å². The lowest BCUT2D eigenvalue weighted by molar-refractivity contribution is 0.0599. The average Bonchev–Trinajstić information content (AvgIpc) is 2.98. The van der Waals surface area contributed by atoms with Crippen LogP contribution in [0.4, 0.5) is 5.69 Å². The molecule has 28 heavy (non-hydrogen) atoms. The van der Waals surface area contributed by atoms with Crippen LogP contribution in [0.3, 0.4) is 0 Å². The molecule has 0 unspecified atom stereocenters. The number of rotatable bonds is 4. The number of fused-ring (bicyclic) bond motifs is 1. The van der Waals surface area contributed by atoms with Gasteiger partial charge in [-0.25, -0.2) is 14.7 Å². The average molecular weight is 374 g/mol. The van der Waals surface area contributed by atoms with Gasteiger partial charge in [0.15, 0.2) is 0 Å². The van der Waals surface area contributed by atoms with Gasteiger partial charge in [0.25, 0.3) is 11.8 Å². The van der Waals surface area contributed by atoms with Gasteiger partial charge in [-0.15, -0.1) is 0 Å². The number of anilines is 1. The van der Waals surface area contributed by atoms with E-state index >= 15 is 0 Å². The Kier molecular flexibility index (Phi) is 4.33. The first-order valence-electron chi connectivity index (χ1n) is 8.38. The van der Waals surface area contributed by atoms with Gasteiger partial charge in [-0.2, -0.15) is 0 Å². The molecule has 1 aliphatic heterocycles. The molecule has 0 N–H and O–H groups in total. The molecule has 1 aliphatic rings. The van der Waals surface area contributed by atoms with Gasteiger partial charge in [0.1, 0.15) is 5.75 Å². The summed E-state index contributed by atoms with van der Waals surface area (Å²) in [4.78, 5) is 42.1. The minimum Gasteiger partial charge on any atom is -0.465 e. The van der Waals surface area contributed by atoms with Crippen LogP contribution in [0.5, 0.6) is 11.6 Å². The van der Waals surface area contributed by atoms with Gasteiger partial charge >= 0.3 is 5.97 Å². The molecule has 0 atom stereocenters. The van der Waals surface area contributed by atoms with E-state index in [9.17, 15) is 14.4 Å². The van der Waals surface area contributed by atoms with Crippen molar-refractivity contribution in [1.29, 1.82) is 0 Å². The second-order valence-electron chi connectivity index (χ2n) is 5.97. The molecule has 0 radical (unpaired) electrons. The van der Waals surface area contributed by atoms with E-state index in [4.69, 9.17) is 4.74 Å². The Labute approximate surface area is 160 Å². The fourth-order valence-corrected chi connectivity index (χ4v) is 2.94. The van der Waals surface area contributed by atoms with Crippen molar-refractivity contribution in [2.45, 2.75) is 0 Å². The summed E-state index contributed by atoms with van der Waals surface area (Å²) in [7, 11) is 1.29. The lowest BCUT2D eigenvalue weighted by atomic mass is 10.1. The number of hydrogen-bond donors (Lipinski definition) is 0. The van der Waals surface area contributed by atoms with E-state index in [1.54, 1.807) is 48.5 Å². The van der Waals surface area contributed by atoms with Crippen LogP contribution < -0.4 is 9.64 Å². The van der Waals surface area contributed by atoms with Crippen LogP contribution in [0.2, 0.25) is 0 Å². The Bertz CT molecular complexity index is 1070. The molecule has 3 aromatic rings. The molecule has 2 aromatic carbocycles. The van der Waals surface area contributed by atoms with E-state index < -0.39 is 5.97 Å². The molecule has 2 amide bonds. The molecule has 0 spiro atoms. The van der Waals surface area contributed by atoms with Crippen LogP contribution in [0.1, 0.15) is 31.1 Å². The van der Waals surface area contributed by atoms with Crippen LogP contribution in [0.25, 0.3) is 0 Å². The van der Waals surface area contributed by atoms with Crippen LogP contribution in [0.15, 0.2) is 66.9 Å². The third-order valence-electron chi connectivity index (χ3n) is 4.25. The molecule has 0 saturated carbocycles. The summed E-state index contributed by atoms with van der Waals surface area (Å²) in [5, 5.41) is 0. The van der Waals surface area contributed by atoms with E-state index in [1.807, 2.05) is 0 Å². The Morgan fingerprint density at radius 3 is 2.32 bits per heavy atom. The van der Waals surface area contributed by atoms with Crippen molar-refractivity contribution in [1.82, 2.24) is 4.98 Å². The van der Waals surface area contributed by atoms with Gasteiger partial charge in [-0.05, 0) is 30.3 Å². The number of pyridine rings is 1. The summed E-state index contributed by atoms with van der Waals surface area (Å²) in [6, 6.07) is 16.2. The summed E-state index contributed by atoms with van der Waals surface area (Å²) < 4.78 is 10.4. The zero-order valence-electron chi connectivity index (χ0n) is 14.8. The van der Waals surface area contributed by atoms with E-state index in [0.29, 0.717) is 28.1 Å². The number of carbonyl (C=O) groups excluding carboxylic acids is 3. The summed E-state index contributed by atoms with van der Waals surface area (Å²) in [6.07, 6.45) is 1.43. The zero-order chi connectivity index (χ0) is 19.7. The molecule has 7 heteroatoms. The highest BCUT2D eigenvalue weighted by Crippen LogP contribution is 2.31. The van der Waals surface area contributed by atoms with Crippen molar-refractivity contribution in [3.8, 4) is 11.6 Å². The number of benzene rings is 2. The maximum absolute atomic E-state index is 12.6. The molecule has 0 saturated heterocycles. The summed E-state index contributed by atoms with van der Waals surface area (Å²) in [5.74, 6) is -0.731. The minimum absolute atomic E-state index is 0.183. The predicted octanol–water partition coefficient (Wildman–Crippen LogP) is 3.46. The second kappa shape index (κ2) is 6.96. The van der Waals surface area contributed by atoms with Crippen molar-refractivity contribution in [2.75, 3.05) is 12.0 Å². The normalized spacial score (nSPS) is 12.7. The molecule has 4 rings (SSSR count). The van der Waals surface area contributed by atoms with Crippen molar-refractivity contribution in [3.63, 3.8) is 0 Å². The molecule has 1 aromatic heterocycles. The summed E-state index contributed by atoms with van der Waals surface area (Å²) in [5.41, 5.74) is 1.41. The molecule has 0 bridgehead atoms. The Balaban J connectivity index is 1.62. The van der Waals surface area contributed by atoms with E-state index in [1.165, 1.54) is 25.4 Å². The van der Waals surface area contributed by atoms with Crippen LogP contribution in [0, 0.1) is 0 Å². The lowest BCUT2D eigenvalue weighted by Gasteiger charge is -2.15. The van der Waals surface area contributed by atoms with Crippen LogP contribution >= 0.6 is 0 Å². The highest BCUT2D eigenvalue weighted by molar-refractivity contribution is 6.34. The monoisotopic (exact) mass is 374 g/mol. The number of nitrogens with zero attached hydrogens (tertiary/aromatic N) is 2. The molecule has 7 nitrogen and oxygen atoms in total. The first-order valence-corrected chi connectivity index (χ1v) is 8.38. The van der Waals surface area contributed by atoms with Crippen LogP contribution in [-0.2, 0) is 4.74 Å². The third-order valence-corrected chi connectivity index (χ3v) is 4.25. The number of carbonyl (C=O) groups is 3. The van der Waals surface area contributed by atoms with Crippen molar-refractivity contribution in [2.24, 2.45) is 0 Å². The van der Waals surface area contributed by atoms with Crippen LogP contribution in [-0.4, -0.2) is 29.9 Å². The van der Waals surface area contributed by atoms with Crippen molar-refractivity contribution >= 4 is 23.5 Å². The molecular formula is C21H14N2O5. The van der Waals surface area contributed by atoms with E-state index in [-0.39, 0.29) is 17.7 Å². The molecule has 0 fully saturated rings. The number of aromatic nitrogens is 1. The van der Waals surface area contributed by atoms with Gasteiger partial charge in [0, 0.05) is 18.3 Å². The summed E-state index contributed by atoms with van der Waals surface area (Å²) in [6.45, 7) is 0. The SMILES string of the molecule is COC(=O)c1ccnc(Oc2cccc(N3C(=O)c4ccccc4C3=O)c2)c1. The molecule has 138 valence electrons. The number of hydrogen-bond acceptors (Lipinski definition) is 6. The Hall–Kier alpha value is -4.00. The Morgan fingerprint density at radius 2 is 1.64 bits per heavy atom. The highest BCUT2D eigenvalue weighted by Gasteiger charge is 2.36. The fourth-order valence-electron chi connectivity index (χ4n) is 2.94. The molecular weight excluding hydrogens is 360 g/mol. The lowest BCUT2D eigenvalue weighted by Crippen LogP contribution is -2.29.